The van der Waals surface area contributed by atoms with Crippen molar-refractivity contribution in [3.63, 3.8) is 0 Å². The van der Waals surface area contributed by atoms with Gasteiger partial charge < -0.3 is 10.5 Å². The van der Waals surface area contributed by atoms with Crippen LogP contribution in [0.1, 0.15) is 20.3 Å². The van der Waals surface area contributed by atoms with Gasteiger partial charge in [-0.1, -0.05) is 0 Å². The van der Waals surface area contributed by atoms with Gasteiger partial charge in [0.25, 0.3) is 0 Å². The molecule has 0 bridgehead atoms. The summed E-state index contributed by atoms with van der Waals surface area (Å²) in [5.74, 6) is -0.240. The minimum atomic E-state index is -0.240. The van der Waals surface area contributed by atoms with Crippen LogP contribution < -0.4 is 5.73 Å². The summed E-state index contributed by atoms with van der Waals surface area (Å²) in [5.41, 5.74) is 5.39. The Kier molecular flexibility index (Phi) is 4.05. The van der Waals surface area contributed by atoms with Crippen LogP contribution >= 0.6 is 0 Å². The molecule has 9 heavy (non-hydrogen) atoms. The highest BCUT2D eigenvalue weighted by atomic mass is 16.5. The van der Waals surface area contributed by atoms with Gasteiger partial charge in [-0.05, 0) is 13.3 Å². The average Bonchev–Trinajstić information content (AvgIpc) is 1.63. The topological polar surface area (TPSA) is 52.3 Å². The van der Waals surface area contributed by atoms with Crippen LogP contribution in [0.15, 0.2) is 0 Å². The number of nitrogens with two attached hydrogens (primary N) is 1. The van der Waals surface area contributed by atoms with Crippen LogP contribution in [0, 0.1) is 0 Å². The molecule has 1 atom stereocenters. The summed E-state index contributed by atoms with van der Waals surface area (Å²) in [6.07, 6.45) is 0.736. The van der Waals surface area contributed by atoms with Gasteiger partial charge in [-0.2, -0.15) is 0 Å². The molecule has 0 saturated heterocycles. The van der Waals surface area contributed by atoms with E-state index in [0.717, 1.165) is 6.42 Å². The Balaban J connectivity index is 3.01. The van der Waals surface area contributed by atoms with Crippen LogP contribution in [0.5, 0.6) is 0 Å². The molecular formula is C6H13NO2. The van der Waals surface area contributed by atoms with Crippen molar-refractivity contribution in [2.24, 2.45) is 5.73 Å². The number of hydrogen-bond donors (Lipinski definition) is 1. The molecule has 3 heteroatoms. The minimum absolute atomic E-state index is 0.115. The third-order valence-corrected chi connectivity index (χ3v) is 0.879. The molecule has 1 unspecified atom stereocenters. The maximum Gasteiger partial charge on any atom is 0.302 e. The van der Waals surface area contributed by atoms with Crippen LogP contribution in [0.4, 0.5) is 0 Å². The Bertz CT molecular complexity index is 91.1. The number of carbonyl (C=O) groups is 1. The monoisotopic (exact) mass is 131 g/mol. The van der Waals surface area contributed by atoms with Gasteiger partial charge >= 0.3 is 5.97 Å². The van der Waals surface area contributed by atoms with E-state index in [9.17, 15) is 4.79 Å². The molecular weight excluding hydrogens is 118 g/mol. The zero-order valence-electron chi connectivity index (χ0n) is 5.89. The zero-order chi connectivity index (χ0) is 7.28. The molecule has 0 aliphatic rings. The zero-order valence-corrected chi connectivity index (χ0v) is 5.89. The molecule has 0 aliphatic carbocycles. The molecule has 0 aromatic heterocycles. The quantitative estimate of drug-likeness (QED) is 0.560. The predicted octanol–water partition coefficient (Wildman–Crippen LogP) is 0.287. The highest BCUT2D eigenvalue weighted by Gasteiger charge is 1.95. The molecule has 0 aliphatic heterocycles. The van der Waals surface area contributed by atoms with Gasteiger partial charge in [-0.3, -0.25) is 4.79 Å². The van der Waals surface area contributed by atoms with Crippen LogP contribution in [-0.4, -0.2) is 18.6 Å². The summed E-state index contributed by atoms with van der Waals surface area (Å²) in [7, 11) is 0. The van der Waals surface area contributed by atoms with Crippen molar-refractivity contribution in [3.8, 4) is 0 Å². The number of ether oxygens (including phenoxy) is 1. The van der Waals surface area contributed by atoms with E-state index < -0.39 is 0 Å². The standard InChI is InChI=1S/C6H13NO2/c1-5(7)3-4-9-6(2)8/h5H,3-4,7H2,1-2H3. The molecule has 54 valence electrons. The molecule has 2 N–H and O–H groups in total. The first kappa shape index (κ1) is 8.43. The second kappa shape index (κ2) is 4.32. The maximum absolute atomic E-state index is 10.2. The van der Waals surface area contributed by atoms with Crippen molar-refractivity contribution < 1.29 is 9.53 Å². The van der Waals surface area contributed by atoms with E-state index in [-0.39, 0.29) is 12.0 Å². The molecule has 0 rings (SSSR count). The Hall–Kier alpha value is -0.570. The van der Waals surface area contributed by atoms with Crippen molar-refractivity contribution >= 4 is 5.97 Å². The predicted molar refractivity (Wildman–Crippen MR) is 34.9 cm³/mol. The Morgan fingerprint density at radius 3 is 2.67 bits per heavy atom. The highest BCUT2D eigenvalue weighted by Crippen LogP contribution is 1.86. The highest BCUT2D eigenvalue weighted by molar-refractivity contribution is 5.65. The number of rotatable bonds is 3. The third-order valence-electron chi connectivity index (χ3n) is 0.879. The van der Waals surface area contributed by atoms with Crippen LogP contribution in [0.25, 0.3) is 0 Å². The smallest absolute Gasteiger partial charge is 0.302 e. The fourth-order valence-electron chi connectivity index (χ4n) is 0.389. The lowest BCUT2D eigenvalue weighted by molar-refractivity contribution is -0.141. The Morgan fingerprint density at radius 2 is 2.33 bits per heavy atom. The Labute approximate surface area is 55.2 Å². The van der Waals surface area contributed by atoms with Gasteiger partial charge in [0, 0.05) is 13.0 Å². The molecule has 0 aromatic rings. The molecule has 0 saturated carbocycles. The summed E-state index contributed by atoms with van der Waals surface area (Å²) in [5, 5.41) is 0. The van der Waals surface area contributed by atoms with Gasteiger partial charge in [0.05, 0.1) is 6.61 Å². The third kappa shape index (κ3) is 7.43. The van der Waals surface area contributed by atoms with E-state index in [2.05, 4.69) is 4.74 Å². The van der Waals surface area contributed by atoms with Crippen LogP contribution in [-0.2, 0) is 9.53 Å². The number of hydrogen-bond acceptors (Lipinski definition) is 3. The van der Waals surface area contributed by atoms with Crippen molar-refractivity contribution in [3.05, 3.63) is 0 Å². The second-order valence-corrected chi connectivity index (χ2v) is 2.11. The first-order valence-corrected chi connectivity index (χ1v) is 3.02. The van der Waals surface area contributed by atoms with Gasteiger partial charge in [0.15, 0.2) is 0 Å². The van der Waals surface area contributed by atoms with Crippen molar-refractivity contribution in [2.45, 2.75) is 26.3 Å². The average molecular weight is 131 g/mol. The van der Waals surface area contributed by atoms with Gasteiger partial charge in [0.1, 0.15) is 0 Å². The summed E-state index contributed by atoms with van der Waals surface area (Å²) in [6, 6.07) is 0.115. The van der Waals surface area contributed by atoms with Crippen LogP contribution in [0.2, 0.25) is 0 Å². The van der Waals surface area contributed by atoms with E-state index in [4.69, 9.17) is 5.73 Å². The molecule has 0 spiro atoms. The number of esters is 1. The SMILES string of the molecule is CC(=O)OCCC(C)N. The van der Waals surface area contributed by atoms with Gasteiger partial charge in [-0.15, -0.1) is 0 Å². The van der Waals surface area contributed by atoms with Gasteiger partial charge in [-0.25, -0.2) is 0 Å². The lowest BCUT2D eigenvalue weighted by Gasteiger charge is -2.03. The molecule has 0 aromatic carbocycles. The van der Waals surface area contributed by atoms with E-state index in [1.807, 2.05) is 6.92 Å². The van der Waals surface area contributed by atoms with E-state index in [1.165, 1.54) is 6.92 Å². The number of carbonyl (C=O) groups excluding carboxylic acids is 1. The van der Waals surface area contributed by atoms with E-state index in [1.54, 1.807) is 0 Å². The summed E-state index contributed by atoms with van der Waals surface area (Å²) in [6.45, 7) is 3.71. The molecule has 0 radical (unpaired) electrons. The summed E-state index contributed by atoms with van der Waals surface area (Å²) >= 11 is 0. The fraction of sp³-hybridized carbons (Fsp3) is 0.833. The van der Waals surface area contributed by atoms with E-state index >= 15 is 0 Å². The summed E-state index contributed by atoms with van der Waals surface area (Å²) < 4.78 is 4.63. The first-order valence-electron chi connectivity index (χ1n) is 3.02. The first-order chi connectivity index (χ1) is 4.13. The minimum Gasteiger partial charge on any atom is -0.466 e. The lowest BCUT2D eigenvalue weighted by Crippen LogP contribution is -2.17. The van der Waals surface area contributed by atoms with Crippen molar-refractivity contribution in [2.75, 3.05) is 6.61 Å². The van der Waals surface area contributed by atoms with Gasteiger partial charge in [0.2, 0.25) is 0 Å². The van der Waals surface area contributed by atoms with Crippen molar-refractivity contribution in [1.82, 2.24) is 0 Å². The fourth-order valence-corrected chi connectivity index (χ4v) is 0.389. The van der Waals surface area contributed by atoms with E-state index in [0.29, 0.717) is 6.61 Å². The molecule has 0 heterocycles. The normalized spacial score (nSPS) is 12.8. The molecule has 0 fully saturated rings. The molecule has 0 amide bonds. The summed E-state index contributed by atoms with van der Waals surface area (Å²) in [4.78, 5) is 10.2. The molecule has 3 nitrogen and oxygen atoms in total. The second-order valence-electron chi connectivity index (χ2n) is 2.11. The maximum atomic E-state index is 10.2. The van der Waals surface area contributed by atoms with Crippen molar-refractivity contribution in [1.29, 1.82) is 0 Å². The lowest BCUT2D eigenvalue weighted by atomic mass is 10.3. The largest absolute Gasteiger partial charge is 0.466 e. The van der Waals surface area contributed by atoms with Crippen LogP contribution in [0.3, 0.4) is 0 Å². The Morgan fingerprint density at radius 1 is 1.78 bits per heavy atom.